The zero-order valence-electron chi connectivity index (χ0n) is 16.0. The van der Waals surface area contributed by atoms with E-state index < -0.39 is 10.8 Å². The number of nitro benzene ring substituents is 1. The first-order valence-corrected chi connectivity index (χ1v) is 10.1. The first-order valence-electron chi connectivity index (χ1n) is 8.71. The minimum absolute atomic E-state index is 0.0430. The summed E-state index contributed by atoms with van der Waals surface area (Å²) in [6.07, 6.45) is 0. The Hall–Kier alpha value is -3.11. The molecular weight excluding hydrogens is 432 g/mol. The van der Waals surface area contributed by atoms with Crippen LogP contribution in [0.4, 0.5) is 11.4 Å². The fourth-order valence-electron chi connectivity index (χ4n) is 2.34. The molecule has 0 spiro atoms. The Morgan fingerprint density at radius 2 is 2.03 bits per heavy atom. The number of amides is 1. The van der Waals surface area contributed by atoms with Crippen LogP contribution in [-0.4, -0.2) is 26.8 Å². The number of nitrogens with one attached hydrogen (secondary N) is 1. The van der Waals surface area contributed by atoms with Gasteiger partial charge in [0.25, 0.3) is 16.8 Å². The Morgan fingerprint density at radius 1 is 1.23 bits per heavy atom. The molecule has 1 N–H and O–H groups in total. The summed E-state index contributed by atoms with van der Waals surface area (Å²) in [6.45, 7) is 4.12. The molecule has 30 heavy (non-hydrogen) atoms. The average molecular weight is 449 g/mol. The molecule has 3 aromatic rings. The van der Waals surface area contributed by atoms with Gasteiger partial charge in [0.05, 0.1) is 21.4 Å². The number of non-ortho nitro benzene ring substituents is 1. The Labute approximate surface area is 180 Å². The maximum Gasteiger partial charge on any atom is 0.277 e. The number of carbonyl (C=O) groups is 1. The maximum atomic E-state index is 12.1. The minimum Gasteiger partial charge on any atom is -0.484 e. The van der Waals surface area contributed by atoms with Gasteiger partial charge in [0.1, 0.15) is 5.75 Å². The predicted molar refractivity (Wildman–Crippen MR) is 112 cm³/mol. The Bertz CT molecular complexity index is 1090. The van der Waals surface area contributed by atoms with Crippen LogP contribution in [0.25, 0.3) is 0 Å². The number of hydrogen-bond donors (Lipinski definition) is 1. The van der Waals surface area contributed by atoms with Crippen LogP contribution in [0, 0.1) is 24.0 Å². The van der Waals surface area contributed by atoms with E-state index in [1.807, 2.05) is 32.0 Å². The quantitative estimate of drug-likeness (QED) is 0.302. The Balaban J connectivity index is 1.51. The highest BCUT2D eigenvalue weighted by Gasteiger charge is 2.14. The summed E-state index contributed by atoms with van der Waals surface area (Å²) in [5.41, 5.74) is 2.27. The second-order valence-electron chi connectivity index (χ2n) is 6.25. The summed E-state index contributed by atoms with van der Waals surface area (Å²) in [5, 5.41) is 21.5. The molecule has 11 heteroatoms. The van der Waals surface area contributed by atoms with Crippen LogP contribution >= 0.6 is 23.4 Å². The molecule has 0 atom stereocenters. The summed E-state index contributed by atoms with van der Waals surface area (Å²) in [6, 6.07) is 9.54. The van der Waals surface area contributed by atoms with E-state index in [2.05, 4.69) is 15.5 Å². The highest BCUT2D eigenvalue weighted by atomic mass is 35.5. The second-order valence-corrected chi connectivity index (χ2v) is 7.59. The van der Waals surface area contributed by atoms with Gasteiger partial charge in [-0.2, -0.15) is 0 Å². The number of rotatable bonds is 8. The third kappa shape index (κ3) is 5.71. The Kier molecular flexibility index (Phi) is 6.91. The zero-order valence-corrected chi connectivity index (χ0v) is 17.6. The lowest BCUT2D eigenvalue weighted by molar-refractivity contribution is -0.384. The van der Waals surface area contributed by atoms with Crippen molar-refractivity contribution in [2.45, 2.75) is 25.7 Å². The molecule has 0 unspecified atom stereocenters. The smallest absolute Gasteiger partial charge is 0.277 e. The third-order valence-corrected chi connectivity index (χ3v) is 5.20. The van der Waals surface area contributed by atoms with Crippen molar-refractivity contribution in [1.82, 2.24) is 10.2 Å². The van der Waals surface area contributed by atoms with E-state index in [4.69, 9.17) is 20.8 Å². The standard InChI is InChI=1S/C19H17ClN4O5S/c1-11-3-5-14(7-12(11)2)28-9-18-22-23-19(29-18)30-10-17(25)21-16-8-13(24(26)27)4-6-15(16)20/h3-8H,9-10H2,1-2H3,(H,21,25). The van der Waals surface area contributed by atoms with Crippen molar-refractivity contribution >= 4 is 40.6 Å². The van der Waals surface area contributed by atoms with Gasteiger partial charge in [-0.15, -0.1) is 10.2 Å². The van der Waals surface area contributed by atoms with E-state index in [0.29, 0.717) is 5.75 Å². The molecule has 1 amide bonds. The number of aromatic nitrogens is 2. The van der Waals surface area contributed by atoms with E-state index in [1.54, 1.807) is 0 Å². The number of halogens is 1. The summed E-state index contributed by atoms with van der Waals surface area (Å²) >= 11 is 7.00. The number of benzene rings is 2. The number of thioether (sulfide) groups is 1. The van der Waals surface area contributed by atoms with Crippen molar-refractivity contribution in [2.75, 3.05) is 11.1 Å². The number of ether oxygens (including phenoxy) is 1. The van der Waals surface area contributed by atoms with Crippen molar-refractivity contribution in [3.63, 3.8) is 0 Å². The summed E-state index contributed by atoms with van der Waals surface area (Å²) in [4.78, 5) is 22.4. The molecule has 9 nitrogen and oxygen atoms in total. The SMILES string of the molecule is Cc1ccc(OCc2nnc(SCC(=O)Nc3cc([N+](=O)[O-])ccc3Cl)o2)cc1C. The van der Waals surface area contributed by atoms with Gasteiger partial charge < -0.3 is 14.5 Å². The molecule has 1 heterocycles. The highest BCUT2D eigenvalue weighted by molar-refractivity contribution is 7.99. The molecule has 0 saturated heterocycles. The molecule has 0 bridgehead atoms. The van der Waals surface area contributed by atoms with E-state index in [-0.39, 0.29) is 39.9 Å². The van der Waals surface area contributed by atoms with Crippen molar-refractivity contribution in [2.24, 2.45) is 0 Å². The number of carbonyl (C=O) groups excluding carboxylic acids is 1. The van der Waals surface area contributed by atoms with Gasteiger partial charge in [-0.05, 0) is 43.2 Å². The normalized spacial score (nSPS) is 10.6. The first-order chi connectivity index (χ1) is 14.3. The first kappa shape index (κ1) is 21.6. The molecule has 1 aromatic heterocycles. The number of nitro groups is 1. The molecule has 156 valence electrons. The molecule has 0 fully saturated rings. The van der Waals surface area contributed by atoms with E-state index >= 15 is 0 Å². The molecule has 0 aliphatic carbocycles. The van der Waals surface area contributed by atoms with E-state index in [1.165, 1.54) is 23.8 Å². The molecule has 3 rings (SSSR count). The number of hydrogen-bond acceptors (Lipinski definition) is 8. The van der Waals surface area contributed by atoms with Crippen LogP contribution in [0.2, 0.25) is 5.02 Å². The van der Waals surface area contributed by atoms with Gasteiger partial charge in [0, 0.05) is 12.1 Å². The van der Waals surface area contributed by atoms with E-state index in [0.717, 1.165) is 17.3 Å². The average Bonchev–Trinajstić information content (AvgIpc) is 3.17. The monoisotopic (exact) mass is 448 g/mol. The molecule has 0 aliphatic rings. The largest absolute Gasteiger partial charge is 0.484 e. The third-order valence-electron chi connectivity index (χ3n) is 4.05. The fourth-order valence-corrected chi connectivity index (χ4v) is 3.09. The maximum absolute atomic E-state index is 12.1. The van der Waals surface area contributed by atoms with Crippen LogP contribution in [-0.2, 0) is 11.4 Å². The van der Waals surface area contributed by atoms with Crippen LogP contribution in [0.3, 0.4) is 0 Å². The van der Waals surface area contributed by atoms with E-state index in [9.17, 15) is 14.9 Å². The zero-order chi connectivity index (χ0) is 21.7. The molecule has 2 aromatic carbocycles. The lowest BCUT2D eigenvalue weighted by atomic mass is 10.1. The minimum atomic E-state index is -0.569. The van der Waals surface area contributed by atoms with Crippen molar-refractivity contribution in [3.8, 4) is 5.75 Å². The van der Waals surface area contributed by atoms with Crippen LogP contribution in [0.1, 0.15) is 17.0 Å². The van der Waals surface area contributed by atoms with Crippen LogP contribution in [0.15, 0.2) is 46.0 Å². The lowest BCUT2D eigenvalue weighted by Crippen LogP contribution is -2.14. The van der Waals surface area contributed by atoms with Gasteiger partial charge in [-0.3, -0.25) is 14.9 Å². The van der Waals surface area contributed by atoms with Crippen molar-refractivity contribution in [1.29, 1.82) is 0 Å². The Morgan fingerprint density at radius 3 is 2.77 bits per heavy atom. The van der Waals surface area contributed by atoms with Crippen molar-refractivity contribution < 1.29 is 18.9 Å². The van der Waals surface area contributed by atoms with Crippen LogP contribution in [0.5, 0.6) is 5.75 Å². The predicted octanol–water partition coefficient (Wildman–Crippen LogP) is 4.56. The second kappa shape index (κ2) is 9.59. The van der Waals surface area contributed by atoms with Gasteiger partial charge in [0.15, 0.2) is 6.61 Å². The number of nitrogens with zero attached hydrogens (tertiary/aromatic N) is 3. The highest BCUT2D eigenvalue weighted by Crippen LogP contribution is 2.27. The molecule has 0 radical (unpaired) electrons. The van der Waals surface area contributed by atoms with Crippen molar-refractivity contribution in [3.05, 3.63) is 68.6 Å². The summed E-state index contributed by atoms with van der Waals surface area (Å²) < 4.78 is 11.1. The summed E-state index contributed by atoms with van der Waals surface area (Å²) in [7, 11) is 0. The summed E-state index contributed by atoms with van der Waals surface area (Å²) in [5.74, 6) is 0.503. The van der Waals surface area contributed by atoms with Gasteiger partial charge in [-0.1, -0.05) is 29.4 Å². The lowest BCUT2D eigenvalue weighted by Gasteiger charge is -2.06. The van der Waals surface area contributed by atoms with Gasteiger partial charge >= 0.3 is 0 Å². The topological polar surface area (TPSA) is 120 Å². The molecular formula is C19H17ClN4O5S. The van der Waals surface area contributed by atoms with Gasteiger partial charge in [-0.25, -0.2) is 0 Å². The van der Waals surface area contributed by atoms with Gasteiger partial charge in [0.2, 0.25) is 5.91 Å². The number of aryl methyl sites for hydroxylation is 2. The molecule has 0 saturated carbocycles. The molecule has 0 aliphatic heterocycles. The number of anilines is 1. The van der Waals surface area contributed by atoms with Crippen LogP contribution < -0.4 is 10.1 Å². The fraction of sp³-hybridized carbons (Fsp3) is 0.211.